The lowest BCUT2D eigenvalue weighted by Gasteiger charge is -2.21. The van der Waals surface area contributed by atoms with Crippen molar-refractivity contribution in [1.82, 2.24) is 0 Å². The Kier molecular flexibility index (Phi) is 5.58. The predicted molar refractivity (Wildman–Crippen MR) is 91.3 cm³/mol. The van der Waals surface area contributed by atoms with Crippen LogP contribution in [-0.4, -0.2) is 19.0 Å². The molecule has 0 radical (unpaired) electrons. The first-order valence-electron chi connectivity index (χ1n) is 7.40. The average Bonchev–Trinajstić information content (AvgIpc) is 2.48. The van der Waals surface area contributed by atoms with E-state index in [2.05, 4.69) is 36.5 Å². The number of carbonyl (C=O) groups excluding carboxylic acids is 1. The smallest absolute Gasteiger partial charge is 0.282 e. The van der Waals surface area contributed by atoms with E-state index in [-0.39, 0.29) is 11.9 Å². The minimum atomic E-state index is -0.153. The number of quaternary nitrogens is 1. The van der Waals surface area contributed by atoms with Crippen molar-refractivity contribution in [3.8, 4) is 0 Å². The highest BCUT2D eigenvalue weighted by Crippen LogP contribution is 2.14. The van der Waals surface area contributed by atoms with Gasteiger partial charge >= 0.3 is 0 Å². The minimum Gasteiger partial charge on any atom is -0.324 e. The lowest BCUT2D eigenvalue weighted by Crippen LogP contribution is -3.12. The highest BCUT2D eigenvalue weighted by Gasteiger charge is 2.22. The summed E-state index contributed by atoms with van der Waals surface area (Å²) in [5.41, 5.74) is 3.20. The second-order valence-electron chi connectivity index (χ2n) is 5.73. The molecule has 0 aromatic heterocycles. The van der Waals surface area contributed by atoms with Crippen molar-refractivity contribution in [2.45, 2.75) is 26.4 Å². The number of rotatable bonds is 5. The van der Waals surface area contributed by atoms with Gasteiger partial charge in [-0.05, 0) is 32.0 Å². The van der Waals surface area contributed by atoms with E-state index in [1.165, 1.54) is 11.1 Å². The number of amides is 1. The maximum atomic E-state index is 12.3. The fourth-order valence-corrected chi connectivity index (χ4v) is 2.41. The van der Waals surface area contributed by atoms with Crippen molar-refractivity contribution in [3.63, 3.8) is 0 Å². The zero-order valence-corrected chi connectivity index (χ0v) is 13.9. The Hall–Kier alpha value is -1.84. The van der Waals surface area contributed by atoms with Crippen LogP contribution in [0, 0.1) is 6.92 Å². The number of hydrogen-bond acceptors (Lipinski definition) is 1. The lowest BCUT2D eigenvalue weighted by atomic mass is 10.1. The molecule has 3 nitrogen and oxygen atoms in total. The van der Waals surface area contributed by atoms with Crippen LogP contribution in [0.4, 0.5) is 5.69 Å². The highest BCUT2D eigenvalue weighted by molar-refractivity contribution is 6.30. The van der Waals surface area contributed by atoms with E-state index in [0.29, 0.717) is 5.02 Å². The highest BCUT2D eigenvalue weighted by atomic mass is 35.5. The molecule has 1 amide bonds. The molecule has 2 rings (SSSR count). The summed E-state index contributed by atoms with van der Waals surface area (Å²) in [6, 6.07) is 15.5. The van der Waals surface area contributed by atoms with E-state index >= 15 is 0 Å². The van der Waals surface area contributed by atoms with Crippen LogP contribution in [0.15, 0.2) is 48.5 Å². The van der Waals surface area contributed by atoms with E-state index in [1.54, 1.807) is 12.1 Å². The van der Waals surface area contributed by atoms with Crippen molar-refractivity contribution in [1.29, 1.82) is 0 Å². The van der Waals surface area contributed by atoms with Crippen LogP contribution in [0.5, 0.6) is 0 Å². The van der Waals surface area contributed by atoms with Gasteiger partial charge in [0.05, 0.1) is 7.05 Å². The normalized spacial score (nSPS) is 13.5. The zero-order chi connectivity index (χ0) is 16.1. The molecule has 0 aliphatic heterocycles. The molecular formula is C18H22ClN2O+. The summed E-state index contributed by atoms with van der Waals surface area (Å²) in [4.78, 5) is 13.5. The van der Waals surface area contributed by atoms with E-state index < -0.39 is 0 Å². The average molecular weight is 318 g/mol. The number of anilines is 1. The third-order valence-electron chi connectivity index (χ3n) is 3.83. The second-order valence-corrected chi connectivity index (χ2v) is 6.17. The molecular weight excluding hydrogens is 296 g/mol. The van der Waals surface area contributed by atoms with E-state index in [9.17, 15) is 4.79 Å². The Morgan fingerprint density at radius 1 is 1.23 bits per heavy atom. The fraction of sp³-hybridized carbons (Fsp3) is 0.278. The van der Waals surface area contributed by atoms with Gasteiger partial charge in [0.2, 0.25) is 0 Å². The fourth-order valence-electron chi connectivity index (χ4n) is 2.22. The SMILES string of the molecule is Cc1ccc(C[NH+](C)[C@H](C)C(=O)Nc2cccc(Cl)c2)cc1. The Labute approximate surface area is 136 Å². The molecule has 4 heteroatoms. The molecule has 2 aromatic carbocycles. The van der Waals surface area contributed by atoms with Crippen molar-refractivity contribution in [3.05, 3.63) is 64.7 Å². The third-order valence-corrected chi connectivity index (χ3v) is 4.06. The van der Waals surface area contributed by atoms with Gasteiger partial charge in [-0.3, -0.25) is 4.79 Å². The van der Waals surface area contributed by atoms with Crippen LogP contribution >= 0.6 is 11.6 Å². The molecule has 0 aliphatic carbocycles. The first-order chi connectivity index (χ1) is 10.5. The quantitative estimate of drug-likeness (QED) is 0.873. The van der Waals surface area contributed by atoms with Gasteiger partial charge in [0, 0.05) is 16.3 Å². The summed E-state index contributed by atoms with van der Waals surface area (Å²) in [5.74, 6) is -0.00752. The molecule has 0 fully saturated rings. The predicted octanol–water partition coefficient (Wildman–Crippen LogP) is 2.69. The topological polar surface area (TPSA) is 33.5 Å². The number of benzene rings is 2. The van der Waals surface area contributed by atoms with Crippen LogP contribution < -0.4 is 10.2 Å². The number of hydrogen-bond donors (Lipinski definition) is 2. The summed E-state index contributed by atoms with van der Waals surface area (Å²) >= 11 is 5.93. The molecule has 0 heterocycles. The summed E-state index contributed by atoms with van der Waals surface area (Å²) < 4.78 is 0. The van der Waals surface area contributed by atoms with Gasteiger partial charge in [0.1, 0.15) is 6.54 Å². The number of carbonyl (C=O) groups is 1. The van der Waals surface area contributed by atoms with Crippen LogP contribution in [-0.2, 0) is 11.3 Å². The second kappa shape index (κ2) is 7.43. The maximum absolute atomic E-state index is 12.3. The van der Waals surface area contributed by atoms with Crippen LogP contribution in [0.3, 0.4) is 0 Å². The third kappa shape index (κ3) is 4.58. The Morgan fingerprint density at radius 3 is 2.55 bits per heavy atom. The number of halogens is 1. The molecule has 2 atom stereocenters. The van der Waals surface area contributed by atoms with Gasteiger partial charge in [-0.15, -0.1) is 0 Å². The Balaban J connectivity index is 1.95. The van der Waals surface area contributed by atoms with Gasteiger partial charge in [-0.2, -0.15) is 0 Å². The molecule has 0 bridgehead atoms. The number of nitrogens with one attached hydrogen (secondary N) is 2. The van der Waals surface area contributed by atoms with Gasteiger partial charge in [-0.25, -0.2) is 0 Å². The lowest BCUT2D eigenvalue weighted by molar-refractivity contribution is -0.907. The summed E-state index contributed by atoms with van der Waals surface area (Å²) in [5, 5.41) is 3.53. The van der Waals surface area contributed by atoms with Crippen molar-refractivity contribution >= 4 is 23.2 Å². The Morgan fingerprint density at radius 2 is 1.91 bits per heavy atom. The van der Waals surface area contributed by atoms with Gasteiger partial charge in [-0.1, -0.05) is 47.5 Å². The largest absolute Gasteiger partial charge is 0.324 e. The first kappa shape index (κ1) is 16.5. The molecule has 2 aromatic rings. The Bertz CT molecular complexity index is 640. The minimum absolute atomic E-state index is 0.00752. The van der Waals surface area contributed by atoms with Gasteiger partial charge in [0.15, 0.2) is 6.04 Å². The van der Waals surface area contributed by atoms with Crippen molar-refractivity contribution < 1.29 is 9.69 Å². The van der Waals surface area contributed by atoms with Crippen molar-refractivity contribution in [2.24, 2.45) is 0 Å². The summed E-state index contributed by atoms with van der Waals surface area (Å²) in [7, 11) is 2.03. The van der Waals surface area contributed by atoms with E-state index in [0.717, 1.165) is 17.1 Å². The van der Waals surface area contributed by atoms with Crippen LogP contribution in [0.25, 0.3) is 0 Å². The van der Waals surface area contributed by atoms with Crippen LogP contribution in [0.2, 0.25) is 5.02 Å². The van der Waals surface area contributed by atoms with Crippen molar-refractivity contribution in [2.75, 3.05) is 12.4 Å². The van der Waals surface area contributed by atoms with Crippen LogP contribution in [0.1, 0.15) is 18.1 Å². The zero-order valence-electron chi connectivity index (χ0n) is 13.2. The van der Waals surface area contributed by atoms with Gasteiger partial charge in [0.25, 0.3) is 5.91 Å². The first-order valence-corrected chi connectivity index (χ1v) is 7.78. The molecule has 0 saturated heterocycles. The number of likely N-dealkylation sites (N-methyl/N-ethyl adjacent to an activating group) is 1. The molecule has 116 valence electrons. The molecule has 1 unspecified atom stereocenters. The maximum Gasteiger partial charge on any atom is 0.282 e. The van der Waals surface area contributed by atoms with E-state index in [1.807, 2.05) is 26.1 Å². The van der Waals surface area contributed by atoms with Gasteiger partial charge < -0.3 is 10.2 Å². The molecule has 2 N–H and O–H groups in total. The molecule has 0 saturated carbocycles. The van der Waals surface area contributed by atoms with E-state index in [4.69, 9.17) is 11.6 Å². The molecule has 0 aliphatic rings. The standard InChI is InChI=1S/C18H21ClN2O/c1-13-7-9-15(10-8-13)12-21(3)14(2)18(22)20-17-6-4-5-16(19)11-17/h4-11,14H,12H2,1-3H3,(H,20,22)/p+1/t14-/m1/s1. The number of aryl methyl sites for hydroxylation is 1. The summed E-state index contributed by atoms with van der Waals surface area (Å²) in [6.45, 7) is 4.81. The molecule has 0 spiro atoms. The molecule has 22 heavy (non-hydrogen) atoms. The summed E-state index contributed by atoms with van der Waals surface area (Å²) in [6.07, 6.45) is 0. The monoisotopic (exact) mass is 317 g/mol.